The average molecular weight is 239 g/mol. The lowest BCUT2D eigenvalue weighted by Gasteiger charge is -2.27. The second-order valence-electron chi connectivity index (χ2n) is 3.52. The molecule has 0 heterocycles. The number of nitrogens with two attached hydrogens (primary N) is 1. The zero-order valence-corrected chi connectivity index (χ0v) is 10.4. The van der Waals surface area contributed by atoms with Crippen LogP contribution in [0.5, 0.6) is 0 Å². The molecular formula is C8H21N3O3S. The molecular weight excluding hydrogens is 218 g/mol. The van der Waals surface area contributed by atoms with Crippen LogP contribution in [0.1, 0.15) is 13.3 Å². The molecule has 0 aromatic rings. The summed E-state index contributed by atoms with van der Waals surface area (Å²) < 4.78 is 26.1. The number of hydrogen-bond donors (Lipinski definition) is 2. The Morgan fingerprint density at radius 2 is 1.93 bits per heavy atom. The molecule has 0 fully saturated rings. The minimum Gasteiger partial charge on any atom is -0.395 e. The van der Waals surface area contributed by atoms with Crippen molar-refractivity contribution in [2.24, 2.45) is 5.73 Å². The van der Waals surface area contributed by atoms with E-state index in [1.165, 1.54) is 18.4 Å². The number of aliphatic hydroxyl groups excluding tert-OH is 1. The number of hydrogen-bond acceptors (Lipinski definition) is 4. The van der Waals surface area contributed by atoms with Crippen molar-refractivity contribution in [2.75, 3.05) is 33.8 Å². The first-order valence-corrected chi connectivity index (χ1v) is 6.27. The van der Waals surface area contributed by atoms with Crippen molar-refractivity contribution >= 4 is 10.2 Å². The Balaban J connectivity index is 4.52. The molecule has 0 saturated carbocycles. The molecule has 0 spiro atoms. The molecule has 15 heavy (non-hydrogen) atoms. The first kappa shape index (κ1) is 14.8. The first-order valence-electron chi connectivity index (χ1n) is 4.88. The molecule has 0 aromatic carbocycles. The van der Waals surface area contributed by atoms with Gasteiger partial charge >= 0.3 is 0 Å². The van der Waals surface area contributed by atoms with Crippen LogP contribution in [0, 0.1) is 0 Å². The van der Waals surface area contributed by atoms with Gasteiger partial charge in [0.1, 0.15) is 0 Å². The van der Waals surface area contributed by atoms with Crippen LogP contribution in [-0.2, 0) is 10.2 Å². The van der Waals surface area contributed by atoms with Gasteiger partial charge in [-0.05, 0) is 19.9 Å². The van der Waals surface area contributed by atoms with E-state index in [2.05, 4.69) is 0 Å². The standard InChI is InChI=1S/C8H21N3O3S/c1-8(7-12)11(3)15(13,14)10(2)6-4-5-9/h8,12H,4-7,9H2,1-3H3. The highest BCUT2D eigenvalue weighted by atomic mass is 32.2. The van der Waals surface area contributed by atoms with Gasteiger partial charge in [0.2, 0.25) is 0 Å². The normalized spacial score (nSPS) is 14.9. The van der Waals surface area contributed by atoms with Gasteiger partial charge in [0.25, 0.3) is 10.2 Å². The molecule has 3 N–H and O–H groups in total. The summed E-state index contributed by atoms with van der Waals surface area (Å²) in [5.41, 5.74) is 5.31. The van der Waals surface area contributed by atoms with Gasteiger partial charge in [-0.3, -0.25) is 0 Å². The van der Waals surface area contributed by atoms with Crippen LogP contribution in [0.4, 0.5) is 0 Å². The van der Waals surface area contributed by atoms with Crippen LogP contribution in [0.2, 0.25) is 0 Å². The summed E-state index contributed by atoms with van der Waals surface area (Å²) in [4.78, 5) is 0. The second kappa shape index (κ2) is 6.39. The van der Waals surface area contributed by atoms with E-state index in [-0.39, 0.29) is 6.61 Å². The van der Waals surface area contributed by atoms with Crippen LogP contribution >= 0.6 is 0 Å². The van der Waals surface area contributed by atoms with E-state index in [9.17, 15) is 8.42 Å². The van der Waals surface area contributed by atoms with Gasteiger partial charge in [-0.1, -0.05) is 0 Å². The van der Waals surface area contributed by atoms with Gasteiger partial charge in [-0.15, -0.1) is 0 Å². The molecule has 1 atom stereocenters. The Kier molecular flexibility index (Phi) is 6.30. The van der Waals surface area contributed by atoms with Gasteiger partial charge in [-0.25, -0.2) is 0 Å². The average Bonchev–Trinajstić information content (AvgIpc) is 2.23. The van der Waals surface area contributed by atoms with Crippen molar-refractivity contribution in [2.45, 2.75) is 19.4 Å². The van der Waals surface area contributed by atoms with Crippen LogP contribution in [0.15, 0.2) is 0 Å². The maximum Gasteiger partial charge on any atom is 0.281 e. The van der Waals surface area contributed by atoms with Crippen molar-refractivity contribution in [3.63, 3.8) is 0 Å². The molecule has 0 bridgehead atoms. The minimum atomic E-state index is -3.47. The Morgan fingerprint density at radius 3 is 2.33 bits per heavy atom. The third-order valence-corrected chi connectivity index (χ3v) is 4.38. The summed E-state index contributed by atoms with van der Waals surface area (Å²) >= 11 is 0. The Bertz CT molecular complexity index is 268. The predicted molar refractivity (Wildman–Crippen MR) is 59.5 cm³/mol. The van der Waals surface area contributed by atoms with Crippen molar-refractivity contribution in [1.82, 2.24) is 8.61 Å². The molecule has 92 valence electrons. The number of nitrogens with zero attached hydrogens (tertiary/aromatic N) is 2. The zero-order chi connectivity index (χ0) is 12.1. The summed E-state index contributed by atoms with van der Waals surface area (Å²) in [6, 6.07) is -0.421. The van der Waals surface area contributed by atoms with Crippen LogP contribution in [0.25, 0.3) is 0 Å². The lowest BCUT2D eigenvalue weighted by Crippen LogP contribution is -2.45. The predicted octanol–water partition coefficient (Wildman–Crippen LogP) is -1.18. The fraction of sp³-hybridized carbons (Fsp3) is 1.00. The zero-order valence-electron chi connectivity index (χ0n) is 9.55. The maximum absolute atomic E-state index is 11.8. The largest absolute Gasteiger partial charge is 0.395 e. The summed E-state index contributed by atoms with van der Waals surface area (Å²) in [6.07, 6.45) is 0.622. The maximum atomic E-state index is 11.8. The Labute approximate surface area is 91.8 Å². The monoisotopic (exact) mass is 239 g/mol. The summed E-state index contributed by atoms with van der Waals surface area (Å²) in [7, 11) is -0.512. The minimum absolute atomic E-state index is 0.194. The van der Waals surface area contributed by atoms with E-state index in [1.54, 1.807) is 6.92 Å². The first-order chi connectivity index (χ1) is 6.87. The number of rotatable bonds is 7. The molecule has 0 rings (SSSR count). The van der Waals surface area contributed by atoms with Crippen LogP contribution in [0.3, 0.4) is 0 Å². The molecule has 1 unspecified atom stereocenters. The van der Waals surface area contributed by atoms with Crippen molar-refractivity contribution in [3.05, 3.63) is 0 Å². The van der Waals surface area contributed by atoms with Crippen molar-refractivity contribution in [1.29, 1.82) is 0 Å². The molecule has 0 saturated heterocycles. The van der Waals surface area contributed by atoms with E-state index < -0.39 is 16.3 Å². The van der Waals surface area contributed by atoms with Gasteiger partial charge in [0.15, 0.2) is 0 Å². The molecule has 0 aliphatic rings. The van der Waals surface area contributed by atoms with E-state index >= 15 is 0 Å². The Hall–Kier alpha value is -0.210. The van der Waals surface area contributed by atoms with Crippen molar-refractivity contribution < 1.29 is 13.5 Å². The van der Waals surface area contributed by atoms with Gasteiger partial charge in [-0.2, -0.15) is 17.0 Å². The van der Waals surface area contributed by atoms with E-state index in [1.807, 2.05) is 0 Å². The smallest absolute Gasteiger partial charge is 0.281 e. The SMILES string of the molecule is CC(CO)N(C)S(=O)(=O)N(C)CCCN. The molecule has 0 aliphatic heterocycles. The quantitative estimate of drug-likeness (QED) is 0.586. The molecule has 0 radical (unpaired) electrons. The second-order valence-corrected chi connectivity index (χ2v) is 5.61. The van der Waals surface area contributed by atoms with Gasteiger partial charge in [0, 0.05) is 26.7 Å². The number of likely N-dealkylation sites (N-methyl/N-ethyl adjacent to an activating group) is 1. The van der Waals surface area contributed by atoms with Gasteiger partial charge < -0.3 is 10.8 Å². The molecule has 0 aliphatic carbocycles. The van der Waals surface area contributed by atoms with Gasteiger partial charge in [0.05, 0.1) is 6.61 Å². The third kappa shape index (κ3) is 4.04. The van der Waals surface area contributed by atoms with E-state index in [4.69, 9.17) is 10.8 Å². The summed E-state index contributed by atoms with van der Waals surface area (Å²) in [5.74, 6) is 0. The molecule has 0 aromatic heterocycles. The number of aliphatic hydroxyl groups is 1. The lowest BCUT2D eigenvalue weighted by molar-refractivity contribution is 0.207. The molecule has 6 nitrogen and oxygen atoms in total. The van der Waals surface area contributed by atoms with Crippen LogP contribution in [-0.4, -0.2) is 62.0 Å². The van der Waals surface area contributed by atoms with E-state index in [0.717, 1.165) is 4.31 Å². The highest BCUT2D eigenvalue weighted by Gasteiger charge is 2.26. The summed E-state index contributed by atoms with van der Waals surface area (Å²) in [6.45, 7) is 2.30. The van der Waals surface area contributed by atoms with Crippen LogP contribution < -0.4 is 5.73 Å². The van der Waals surface area contributed by atoms with E-state index in [0.29, 0.717) is 19.5 Å². The highest BCUT2D eigenvalue weighted by Crippen LogP contribution is 2.08. The Morgan fingerprint density at radius 1 is 1.40 bits per heavy atom. The molecule has 7 heteroatoms. The summed E-state index contributed by atoms with van der Waals surface area (Å²) in [5, 5.41) is 8.88. The third-order valence-electron chi connectivity index (χ3n) is 2.32. The fourth-order valence-electron chi connectivity index (χ4n) is 0.992. The van der Waals surface area contributed by atoms with Crippen molar-refractivity contribution in [3.8, 4) is 0 Å². The lowest BCUT2D eigenvalue weighted by atomic mass is 10.4. The molecule has 0 amide bonds. The highest BCUT2D eigenvalue weighted by molar-refractivity contribution is 7.86. The topological polar surface area (TPSA) is 86.9 Å². The fourth-order valence-corrected chi connectivity index (χ4v) is 2.31.